The van der Waals surface area contributed by atoms with Crippen LogP contribution in [0.3, 0.4) is 0 Å². The first-order valence-electron chi connectivity index (χ1n) is 5.64. The van der Waals surface area contributed by atoms with Crippen molar-refractivity contribution in [2.45, 2.75) is 0 Å². The Morgan fingerprint density at radius 3 is 2.65 bits per heavy atom. The Morgan fingerprint density at radius 1 is 1.15 bits per heavy atom. The fourth-order valence-electron chi connectivity index (χ4n) is 1.86. The van der Waals surface area contributed by atoms with Crippen LogP contribution in [0.4, 0.5) is 0 Å². The Bertz CT molecular complexity index is 829. The summed E-state index contributed by atoms with van der Waals surface area (Å²) in [4.78, 5) is 12.2. The number of phenols is 1. The minimum atomic E-state index is -1.22. The van der Waals surface area contributed by atoms with Crippen LogP contribution in [0.25, 0.3) is 16.7 Å². The van der Waals surface area contributed by atoms with E-state index in [4.69, 9.17) is 16.7 Å². The standard InChI is InChI=1S/C13H8ClN3O3/c14-7-4-5-9-10(6-7)16-17(15-9)11-3-1-2-8(12(11)18)13(19)20/h1-6,18H,(H,19,20). The first kappa shape index (κ1) is 12.4. The third kappa shape index (κ3) is 1.96. The highest BCUT2D eigenvalue weighted by Gasteiger charge is 2.16. The number of carboxylic acid groups (broad SMARTS) is 1. The smallest absolute Gasteiger partial charge is 0.339 e. The predicted molar refractivity (Wildman–Crippen MR) is 72.5 cm³/mol. The van der Waals surface area contributed by atoms with Crippen molar-refractivity contribution in [2.24, 2.45) is 0 Å². The molecule has 0 spiro atoms. The lowest BCUT2D eigenvalue weighted by atomic mass is 10.2. The third-order valence-corrected chi connectivity index (χ3v) is 3.04. The Labute approximate surface area is 117 Å². The highest BCUT2D eigenvalue weighted by molar-refractivity contribution is 6.31. The predicted octanol–water partition coefficient (Wildman–Crippen LogP) is 2.48. The zero-order valence-corrected chi connectivity index (χ0v) is 10.7. The van der Waals surface area contributed by atoms with Gasteiger partial charge in [-0.25, -0.2) is 4.79 Å². The molecule has 2 N–H and O–H groups in total. The first-order chi connectivity index (χ1) is 9.56. The molecule has 0 aliphatic carbocycles. The summed E-state index contributed by atoms with van der Waals surface area (Å²) in [6.45, 7) is 0. The largest absolute Gasteiger partial charge is 0.505 e. The minimum Gasteiger partial charge on any atom is -0.505 e. The van der Waals surface area contributed by atoms with Crippen LogP contribution in [-0.2, 0) is 0 Å². The Morgan fingerprint density at radius 2 is 1.90 bits per heavy atom. The molecular formula is C13H8ClN3O3. The van der Waals surface area contributed by atoms with E-state index in [1.54, 1.807) is 18.2 Å². The average molecular weight is 290 g/mol. The zero-order chi connectivity index (χ0) is 14.3. The molecule has 0 saturated carbocycles. The number of para-hydroxylation sites is 1. The second kappa shape index (κ2) is 4.50. The summed E-state index contributed by atoms with van der Waals surface area (Å²) >= 11 is 5.87. The number of aromatic carboxylic acids is 1. The number of halogens is 1. The monoisotopic (exact) mass is 289 g/mol. The van der Waals surface area contributed by atoms with Gasteiger partial charge in [-0.3, -0.25) is 0 Å². The van der Waals surface area contributed by atoms with Gasteiger partial charge in [0.25, 0.3) is 0 Å². The molecule has 3 rings (SSSR count). The molecule has 0 fully saturated rings. The summed E-state index contributed by atoms with van der Waals surface area (Å²) in [6, 6.07) is 9.36. The molecule has 0 amide bonds. The van der Waals surface area contributed by atoms with E-state index in [1.807, 2.05) is 0 Å². The molecule has 0 saturated heterocycles. The van der Waals surface area contributed by atoms with Crippen LogP contribution in [0.15, 0.2) is 36.4 Å². The summed E-state index contributed by atoms with van der Waals surface area (Å²) in [6.07, 6.45) is 0. The average Bonchev–Trinajstić information content (AvgIpc) is 2.81. The number of hydrogen-bond donors (Lipinski definition) is 2. The van der Waals surface area contributed by atoms with Crippen LogP contribution in [0, 0.1) is 0 Å². The second-order valence-corrected chi connectivity index (χ2v) is 4.54. The minimum absolute atomic E-state index is 0.192. The number of carboxylic acids is 1. The molecule has 0 radical (unpaired) electrons. The van der Waals surface area contributed by atoms with E-state index in [2.05, 4.69) is 10.2 Å². The summed E-state index contributed by atoms with van der Waals surface area (Å²) in [7, 11) is 0. The highest BCUT2D eigenvalue weighted by Crippen LogP contribution is 2.26. The van der Waals surface area contributed by atoms with Crippen molar-refractivity contribution >= 4 is 28.6 Å². The number of aromatic nitrogens is 3. The van der Waals surface area contributed by atoms with Crippen LogP contribution in [-0.4, -0.2) is 31.2 Å². The Kier molecular flexibility index (Phi) is 2.80. The van der Waals surface area contributed by atoms with Gasteiger partial charge in [-0.1, -0.05) is 17.7 Å². The lowest BCUT2D eigenvalue weighted by molar-refractivity contribution is 0.0693. The molecule has 1 heterocycles. The van der Waals surface area contributed by atoms with Gasteiger partial charge in [-0.2, -0.15) is 0 Å². The quantitative estimate of drug-likeness (QED) is 0.756. The van der Waals surface area contributed by atoms with Crippen molar-refractivity contribution in [3.63, 3.8) is 0 Å². The van der Waals surface area contributed by atoms with E-state index < -0.39 is 5.97 Å². The van der Waals surface area contributed by atoms with Crippen molar-refractivity contribution in [2.75, 3.05) is 0 Å². The van der Waals surface area contributed by atoms with Crippen molar-refractivity contribution in [1.29, 1.82) is 0 Å². The summed E-state index contributed by atoms with van der Waals surface area (Å²) < 4.78 is 0. The number of benzene rings is 2. The van der Waals surface area contributed by atoms with Crippen molar-refractivity contribution in [3.8, 4) is 11.4 Å². The second-order valence-electron chi connectivity index (χ2n) is 4.10. The first-order valence-corrected chi connectivity index (χ1v) is 6.02. The SMILES string of the molecule is O=C(O)c1cccc(-n2nc3ccc(Cl)cc3n2)c1O. The fourth-order valence-corrected chi connectivity index (χ4v) is 2.03. The van der Waals surface area contributed by atoms with Gasteiger partial charge >= 0.3 is 5.97 Å². The highest BCUT2D eigenvalue weighted by atomic mass is 35.5. The molecule has 100 valence electrons. The molecule has 0 bridgehead atoms. The molecule has 20 heavy (non-hydrogen) atoms. The molecule has 7 heteroatoms. The molecule has 6 nitrogen and oxygen atoms in total. The number of hydrogen-bond acceptors (Lipinski definition) is 4. The summed E-state index contributed by atoms with van der Waals surface area (Å²) in [5, 5.41) is 27.8. The number of rotatable bonds is 2. The number of fused-ring (bicyclic) bond motifs is 1. The van der Waals surface area contributed by atoms with Gasteiger partial charge in [0, 0.05) is 5.02 Å². The van der Waals surface area contributed by atoms with Gasteiger partial charge in [-0.05, 0) is 30.3 Å². The van der Waals surface area contributed by atoms with Crippen molar-refractivity contribution in [1.82, 2.24) is 15.0 Å². The van der Waals surface area contributed by atoms with E-state index in [9.17, 15) is 9.90 Å². The normalized spacial score (nSPS) is 10.8. The van der Waals surface area contributed by atoms with Crippen LogP contribution in [0.5, 0.6) is 5.75 Å². The topological polar surface area (TPSA) is 88.2 Å². The van der Waals surface area contributed by atoms with Gasteiger partial charge in [0.05, 0.1) is 0 Å². The van der Waals surface area contributed by atoms with Crippen molar-refractivity contribution < 1.29 is 15.0 Å². The van der Waals surface area contributed by atoms with E-state index in [0.717, 1.165) is 0 Å². The number of carbonyl (C=O) groups is 1. The van der Waals surface area contributed by atoms with Gasteiger partial charge in [0.15, 0.2) is 5.75 Å². The van der Waals surface area contributed by atoms with Crippen LogP contribution >= 0.6 is 11.6 Å². The maximum absolute atomic E-state index is 11.0. The zero-order valence-electron chi connectivity index (χ0n) is 9.99. The maximum atomic E-state index is 11.0. The molecular weight excluding hydrogens is 282 g/mol. The molecule has 0 atom stereocenters. The number of aromatic hydroxyl groups is 1. The van der Waals surface area contributed by atoms with Crippen LogP contribution in [0.1, 0.15) is 10.4 Å². The van der Waals surface area contributed by atoms with Crippen molar-refractivity contribution in [3.05, 3.63) is 47.0 Å². The van der Waals surface area contributed by atoms with Gasteiger partial charge in [0.1, 0.15) is 22.3 Å². The Hall–Kier alpha value is -2.60. The maximum Gasteiger partial charge on any atom is 0.339 e. The molecule has 2 aromatic carbocycles. The third-order valence-electron chi connectivity index (χ3n) is 2.80. The molecule has 0 unspecified atom stereocenters. The molecule has 0 aliphatic rings. The Balaban J connectivity index is 2.20. The van der Waals surface area contributed by atoms with Crippen LogP contribution < -0.4 is 0 Å². The van der Waals surface area contributed by atoms with Gasteiger partial charge in [0.2, 0.25) is 0 Å². The fraction of sp³-hybridized carbons (Fsp3) is 0. The summed E-state index contributed by atoms with van der Waals surface area (Å²) in [5.74, 6) is -1.60. The van der Waals surface area contributed by atoms with E-state index in [0.29, 0.717) is 16.1 Å². The van der Waals surface area contributed by atoms with Crippen LogP contribution in [0.2, 0.25) is 5.02 Å². The number of nitrogens with zero attached hydrogens (tertiary/aromatic N) is 3. The summed E-state index contributed by atoms with van der Waals surface area (Å²) in [5.41, 5.74) is 1.13. The van der Waals surface area contributed by atoms with E-state index >= 15 is 0 Å². The van der Waals surface area contributed by atoms with Gasteiger partial charge < -0.3 is 10.2 Å². The van der Waals surface area contributed by atoms with E-state index in [-0.39, 0.29) is 17.0 Å². The lowest BCUT2D eigenvalue weighted by Crippen LogP contribution is -2.03. The molecule has 1 aromatic heterocycles. The molecule has 0 aliphatic heterocycles. The van der Waals surface area contributed by atoms with Gasteiger partial charge in [-0.15, -0.1) is 15.0 Å². The lowest BCUT2D eigenvalue weighted by Gasteiger charge is -2.05. The molecule has 3 aromatic rings. The van der Waals surface area contributed by atoms with E-state index in [1.165, 1.54) is 23.0 Å².